The van der Waals surface area contributed by atoms with E-state index in [9.17, 15) is 18.0 Å². The molecule has 0 radical (unpaired) electrons. The molecule has 2 aromatic heterocycles. The Morgan fingerprint density at radius 2 is 1.84 bits per heavy atom. The summed E-state index contributed by atoms with van der Waals surface area (Å²) in [6.45, 7) is 8.48. The molecule has 3 rings (SSSR count). The molecule has 0 aliphatic carbocycles. The number of piperidine rings is 1. The number of nitrogens with zero attached hydrogens (tertiary/aromatic N) is 4. The summed E-state index contributed by atoms with van der Waals surface area (Å²) in [5.41, 5.74) is 0.943. The number of aromatic nitrogens is 2. The van der Waals surface area contributed by atoms with Gasteiger partial charge in [0.1, 0.15) is 11.3 Å². The molecule has 1 amide bonds. The van der Waals surface area contributed by atoms with Crippen molar-refractivity contribution in [3.8, 4) is 0 Å². The maximum atomic E-state index is 13.0. The van der Waals surface area contributed by atoms with E-state index in [4.69, 9.17) is 4.74 Å². The predicted molar refractivity (Wildman–Crippen MR) is 116 cm³/mol. The molecule has 6 nitrogen and oxygen atoms in total. The quantitative estimate of drug-likeness (QED) is 0.607. The first kappa shape index (κ1) is 23.8. The number of likely N-dealkylation sites (tertiary alicyclic amines) is 1. The van der Waals surface area contributed by atoms with Crippen LogP contribution in [0.15, 0.2) is 36.8 Å². The van der Waals surface area contributed by atoms with E-state index in [1.807, 2.05) is 38.7 Å². The number of carbonyl (C=O) groups excluding carboxylic acids is 1. The Kier molecular flexibility index (Phi) is 6.95. The number of pyridine rings is 2. The van der Waals surface area contributed by atoms with Crippen molar-refractivity contribution < 1.29 is 22.7 Å². The van der Waals surface area contributed by atoms with Crippen LogP contribution in [0.25, 0.3) is 0 Å². The molecule has 1 fully saturated rings. The third-order valence-electron chi connectivity index (χ3n) is 5.33. The molecular formula is C23H29F3N4O2. The number of hydrogen-bond donors (Lipinski definition) is 0. The van der Waals surface area contributed by atoms with Crippen molar-refractivity contribution in [2.24, 2.45) is 0 Å². The fourth-order valence-electron chi connectivity index (χ4n) is 3.81. The minimum atomic E-state index is -4.50. The molecule has 3 heterocycles. The summed E-state index contributed by atoms with van der Waals surface area (Å²) in [5.74, 6) is 0. The number of halogens is 3. The Labute approximate surface area is 186 Å². The number of rotatable bonds is 4. The van der Waals surface area contributed by atoms with Crippen molar-refractivity contribution >= 4 is 17.5 Å². The van der Waals surface area contributed by atoms with Gasteiger partial charge < -0.3 is 14.5 Å². The average Bonchev–Trinajstić information content (AvgIpc) is 2.73. The number of anilines is 2. The summed E-state index contributed by atoms with van der Waals surface area (Å²) in [6, 6.07) is 4.33. The molecule has 174 valence electrons. The number of ether oxygens (including phenoxy) is 1. The highest BCUT2D eigenvalue weighted by Gasteiger charge is 2.34. The highest BCUT2D eigenvalue weighted by Crippen LogP contribution is 2.35. The Bertz CT molecular complexity index is 918. The zero-order valence-electron chi connectivity index (χ0n) is 18.8. The fourth-order valence-corrected chi connectivity index (χ4v) is 3.81. The number of carbonyl (C=O) groups is 1. The minimum absolute atomic E-state index is 0.0262. The lowest BCUT2D eigenvalue weighted by atomic mass is 10.0. The molecule has 0 saturated carbocycles. The van der Waals surface area contributed by atoms with Crippen LogP contribution in [0, 0.1) is 0 Å². The first-order valence-corrected chi connectivity index (χ1v) is 10.7. The fraction of sp³-hybridized carbons (Fsp3) is 0.522. The topological polar surface area (TPSA) is 58.6 Å². The van der Waals surface area contributed by atoms with E-state index in [0.717, 1.165) is 23.7 Å². The standard InChI is InChI=1S/C23H29F3N4O2/c1-5-16-8-11-27-15-19(16)30(18-6-7-20(28-14-18)23(24,25)26)17-9-12-29(13-10-17)21(31)32-22(2,3)4/h6-8,11,14-15,17H,5,9-10,12-13H2,1-4H3. The predicted octanol–water partition coefficient (Wildman–Crippen LogP) is 5.60. The smallest absolute Gasteiger partial charge is 0.433 e. The number of aryl methyl sites for hydroxylation is 1. The van der Waals surface area contributed by atoms with Crippen LogP contribution in [-0.4, -0.2) is 45.7 Å². The number of amides is 1. The van der Waals surface area contributed by atoms with Crippen molar-refractivity contribution in [1.82, 2.24) is 14.9 Å². The molecule has 0 spiro atoms. The molecule has 0 unspecified atom stereocenters. The lowest BCUT2D eigenvalue weighted by molar-refractivity contribution is -0.141. The van der Waals surface area contributed by atoms with Crippen molar-refractivity contribution in [3.05, 3.63) is 48.0 Å². The van der Waals surface area contributed by atoms with Crippen molar-refractivity contribution in [1.29, 1.82) is 0 Å². The van der Waals surface area contributed by atoms with Gasteiger partial charge in [-0.1, -0.05) is 6.92 Å². The summed E-state index contributed by atoms with van der Waals surface area (Å²) in [4.78, 5) is 24.0. The van der Waals surface area contributed by atoms with Gasteiger partial charge in [0.2, 0.25) is 0 Å². The molecule has 1 aliphatic heterocycles. The van der Waals surface area contributed by atoms with Crippen LogP contribution in [0.4, 0.5) is 29.3 Å². The van der Waals surface area contributed by atoms with Gasteiger partial charge in [-0.2, -0.15) is 13.2 Å². The minimum Gasteiger partial charge on any atom is -0.444 e. The lowest BCUT2D eigenvalue weighted by Gasteiger charge is -2.40. The molecule has 9 heteroatoms. The third-order valence-corrected chi connectivity index (χ3v) is 5.33. The second kappa shape index (κ2) is 9.34. The summed E-state index contributed by atoms with van der Waals surface area (Å²) >= 11 is 0. The van der Waals surface area contributed by atoms with E-state index in [-0.39, 0.29) is 12.1 Å². The number of hydrogen-bond acceptors (Lipinski definition) is 5. The highest BCUT2D eigenvalue weighted by atomic mass is 19.4. The molecule has 0 aromatic carbocycles. The largest absolute Gasteiger partial charge is 0.444 e. The van der Waals surface area contributed by atoms with Gasteiger partial charge in [-0.05, 0) is 63.8 Å². The van der Waals surface area contributed by atoms with Crippen LogP contribution in [0.3, 0.4) is 0 Å². The maximum absolute atomic E-state index is 13.0. The second-order valence-electron chi connectivity index (χ2n) is 8.83. The number of alkyl halides is 3. The van der Waals surface area contributed by atoms with Crippen molar-refractivity contribution in [3.63, 3.8) is 0 Å². The molecule has 1 aliphatic rings. The van der Waals surface area contributed by atoms with Gasteiger partial charge in [-0.25, -0.2) is 9.78 Å². The average molecular weight is 451 g/mol. The monoisotopic (exact) mass is 450 g/mol. The Hall–Kier alpha value is -2.84. The lowest BCUT2D eigenvalue weighted by Crippen LogP contribution is -2.47. The van der Waals surface area contributed by atoms with E-state index in [0.29, 0.717) is 31.6 Å². The summed E-state index contributed by atoms with van der Waals surface area (Å²) < 4.78 is 44.5. The SMILES string of the molecule is CCc1ccncc1N(c1ccc(C(F)(F)F)nc1)C1CCN(C(=O)OC(C)(C)C)CC1. The van der Waals surface area contributed by atoms with Crippen molar-refractivity contribution in [2.75, 3.05) is 18.0 Å². The molecule has 0 bridgehead atoms. The van der Waals surface area contributed by atoms with E-state index >= 15 is 0 Å². The van der Waals surface area contributed by atoms with Crippen molar-refractivity contribution in [2.45, 2.75) is 64.8 Å². The van der Waals surface area contributed by atoms with E-state index in [2.05, 4.69) is 9.97 Å². The Morgan fingerprint density at radius 1 is 1.16 bits per heavy atom. The van der Waals surface area contributed by atoms with Crippen LogP contribution < -0.4 is 4.90 Å². The molecule has 32 heavy (non-hydrogen) atoms. The summed E-state index contributed by atoms with van der Waals surface area (Å²) in [5, 5.41) is 0. The Balaban J connectivity index is 1.87. The maximum Gasteiger partial charge on any atom is 0.433 e. The summed E-state index contributed by atoms with van der Waals surface area (Å²) in [7, 11) is 0. The van der Waals surface area contributed by atoms with Gasteiger partial charge in [-0.3, -0.25) is 4.98 Å². The second-order valence-corrected chi connectivity index (χ2v) is 8.83. The molecule has 2 aromatic rings. The van der Waals surface area contributed by atoms with Gasteiger partial charge in [0, 0.05) is 25.3 Å². The highest BCUT2D eigenvalue weighted by molar-refractivity contribution is 5.69. The molecule has 0 N–H and O–H groups in total. The van der Waals surface area contributed by atoms with Crippen LogP contribution in [0.1, 0.15) is 51.8 Å². The van der Waals surface area contributed by atoms with Gasteiger partial charge in [-0.15, -0.1) is 0 Å². The van der Waals surface area contributed by atoms with Gasteiger partial charge >= 0.3 is 12.3 Å². The Morgan fingerprint density at radius 3 is 2.38 bits per heavy atom. The van der Waals surface area contributed by atoms with Crippen LogP contribution >= 0.6 is 0 Å². The first-order valence-electron chi connectivity index (χ1n) is 10.7. The zero-order valence-corrected chi connectivity index (χ0v) is 18.8. The van der Waals surface area contributed by atoms with Crippen LogP contribution in [-0.2, 0) is 17.3 Å². The molecule has 1 saturated heterocycles. The van der Waals surface area contributed by atoms with Crippen LogP contribution in [0.5, 0.6) is 0 Å². The zero-order chi connectivity index (χ0) is 23.5. The molecular weight excluding hydrogens is 421 g/mol. The van der Waals surface area contributed by atoms with Gasteiger partial charge in [0.25, 0.3) is 0 Å². The summed E-state index contributed by atoms with van der Waals surface area (Å²) in [6.07, 6.45) is 1.87. The van der Waals surface area contributed by atoms with Crippen LogP contribution in [0.2, 0.25) is 0 Å². The first-order chi connectivity index (χ1) is 15.0. The van der Waals surface area contributed by atoms with E-state index in [1.165, 1.54) is 12.3 Å². The van der Waals surface area contributed by atoms with Gasteiger partial charge in [0.15, 0.2) is 0 Å². The van der Waals surface area contributed by atoms with E-state index in [1.54, 1.807) is 17.3 Å². The van der Waals surface area contributed by atoms with E-state index < -0.39 is 17.5 Å². The normalized spacial score (nSPS) is 15.5. The molecule has 0 atom stereocenters. The third kappa shape index (κ3) is 5.69. The van der Waals surface area contributed by atoms with Gasteiger partial charge in [0.05, 0.1) is 23.8 Å².